The van der Waals surface area contributed by atoms with Crippen LogP contribution in [0.5, 0.6) is 11.5 Å². The Morgan fingerprint density at radius 1 is 1.25 bits per heavy atom. The molecule has 0 saturated heterocycles. The van der Waals surface area contributed by atoms with Crippen molar-refractivity contribution in [3.8, 4) is 11.5 Å². The normalized spacial score (nSPS) is 12.6. The zero-order valence-electron chi connectivity index (χ0n) is 10.1. The highest BCUT2D eigenvalue weighted by atomic mass is 16.5. The van der Waals surface area contributed by atoms with Crippen LogP contribution in [-0.4, -0.2) is 19.8 Å². The fraction of sp³-hybridized carbons (Fsp3) is 0.500. The van der Waals surface area contributed by atoms with Gasteiger partial charge in [0.1, 0.15) is 0 Å². The van der Waals surface area contributed by atoms with Gasteiger partial charge in [-0.05, 0) is 31.5 Å². The Bertz CT molecular complexity index is 340. The average Bonchev–Trinajstić information content (AvgIpc) is 2.27. The lowest BCUT2D eigenvalue weighted by Gasteiger charge is -2.16. The maximum Gasteiger partial charge on any atom is 0.161 e. The Morgan fingerprint density at radius 3 is 2.44 bits per heavy atom. The van der Waals surface area contributed by atoms with Crippen molar-refractivity contribution in [2.45, 2.75) is 26.0 Å². The van der Waals surface area contributed by atoms with Gasteiger partial charge in [-0.15, -0.1) is 0 Å². The summed E-state index contributed by atoms with van der Waals surface area (Å²) in [6.07, 6.45) is 0.0956. The van der Waals surface area contributed by atoms with Gasteiger partial charge >= 0.3 is 0 Å². The third-order valence-corrected chi connectivity index (χ3v) is 2.23. The van der Waals surface area contributed by atoms with Gasteiger partial charge in [0.05, 0.1) is 13.2 Å². The largest absolute Gasteiger partial charge is 0.493 e. The number of ether oxygens (including phenoxy) is 2. The highest BCUT2D eigenvalue weighted by molar-refractivity contribution is 5.44. The van der Waals surface area contributed by atoms with Crippen LogP contribution in [0.3, 0.4) is 0 Å². The zero-order chi connectivity index (χ0) is 12.1. The first-order valence-corrected chi connectivity index (χ1v) is 5.38. The molecule has 1 aromatic carbocycles. The molecule has 0 unspecified atom stereocenters. The molecule has 4 heteroatoms. The van der Waals surface area contributed by atoms with Gasteiger partial charge in [0.15, 0.2) is 11.5 Å². The van der Waals surface area contributed by atoms with E-state index in [1.807, 2.05) is 32.0 Å². The van der Waals surface area contributed by atoms with Crippen molar-refractivity contribution >= 4 is 0 Å². The maximum atomic E-state index is 5.86. The minimum Gasteiger partial charge on any atom is -0.493 e. The number of hydrogen-bond acceptors (Lipinski definition) is 4. The lowest BCUT2D eigenvalue weighted by Crippen LogP contribution is -2.20. The van der Waals surface area contributed by atoms with Gasteiger partial charge in [-0.2, -0.15) is 0 Å². The Balaban J connectivity index is 3.00. The molecule has 1 atom stereocenters. The molecular formula is C12H20N2O2. The summed E-state index contributed by atoms with van der Waals surface area (Å²) < 4.78 is 10.9. The van der Waals surface area contributed by atoms with E-state index in [1.165, 1.54) is 0 Å². The third kappa shape index (κ3) is 3.12. The molecule has 0 amide bonds. The predicted molar refractivity (Wildman–Crippen MR) is 64.7 cm³/mol. The molecule has 0 aliphatic rings. The van der Waals surface area contributed by atoms with Gasteiger partial charge in [-0.3, -0.25) is 0 Å². The second-order valence-electron chi connectivity index (χ2n) is 3.92. The fourth-order valence-corrected chi connectivity index (χ4v) is 1.41. The second-order valence-corrected chi connectivity index (χ2v) is 3.92. The maximum absolute atomic E-state index is 5.86. The number of nitrogens with two attached hydrogens (primary N) is 2. The minimum absolute atomic E-state index is 0.0956. The molecule has 90 valence electrons. The first-order chi connectivity index (χ1) is 7.58. The van der Waals surface area contributed by atoms with Crippen LogP contribution in [0.2, 0.25) is 0 Å². The van der Waals surface area contributed by atoms with Crippen LogP contribution in [0.1, 0.15) is 25.5 Å². The molecule has 1 aromatic rings. The van der Waals surface area contributed by atoms with Gasteiger partial charge in [0.2, 0.25) is 0 Å². The minimum atomic E-state index is -0.166. The van der Waals surface area contributed by atoms with Crippen LogP contribution in [0.15, 0.2) is 18.2 Å². The molecule has 0 saturated carbocycles. The van der Waals surface area contributed by atoms with E-state index >= 15 is 0 Å². The van der Waals surface area contributed by atoms with Crippen molar-refractivity contribution in [3.05, 3.63) is 23.8 Å². The summed E-state index contributed by atoms with van der Waals surface area (Å²) >= 11 is 0. The SMILES string of the molecule is COc1ccc([C@@H](N)CN)cc1OC(C)C. The van der Waals surface area contributed by atoms with Gasteiger partial charge in [0.25, 0.3) is 0 Å². The van der Waals surface area contributed by atoms with E-state index < -0.39 is 0 Å². The standard InChI is InChI=1S/C12H20N2O2/c1-8(2)16-12-6-9(10(14)7-13)4-5-11(12)15-3/h4-6,8,10H,7,13-14H2,1-3H3/t10-/m0/s1. The first-order valence-electron chi connectivity index (χ1n) is 5.38. The summed E-state index contributed by atoms with van der Waals surface area (Å²) in [5.74, 6) is 1.42. The van der Waals surface area contributed by atoms with E-state index in [-0.39, 0.29) is 12.1 Å². The van der Waals surface area contributed by atoms with Crippen molar-refractivity contribution in [3.63, 3.8) is 0 Å². The summed E-state index contributed by atoms with van der Waals surface area (Å²) in [6, 6.07) is 5.48. The van der Waals surface area contributed by atoms with Gasteiger partial charge in [-0.1, -0.05) is 6.07 Å². The molecule has 0 fully saturated rings. The van der Waals surface area contributed by atoms with Crippen LogP contribution in [0.4, 0.5) is 0 Å². The molecule has 16 heavy (non-hydrogen) atoms. The molecular weight excluding hydrogens is 204 g/mol. The zero-order valence-corrected chi connectivity index (χ0v) is 10.1. The summed E-state index contributed by atoms with van der Waals surface area (Å²) in [5.41, 5.74) is 12.4. The summed E-state index contributed by atoms with van der Waals surface area (Å²) in [7, 11) is 1.62. The lowest BCUT2D eigenvalue weighted by atomic mass is 10.1. The van der Waals surface area contributed by atoms with Crippen molar-refractivity contribution in [1.82, 2.24) is 0 Å². The average molecular weight is 224 g/mol. The Labute approximate surface area is 96.5 Å². The van der Waals surface area contributed by atoms with Crippen molar-refractivity contribution in [1.29, 1.82) is 0 Å². The highest BCUT2D eigenvalue weighted by Crippen LogP contribution is 2.30. The van der Waals surface area contributed by atoms with Crippen LogP contribution in [0.25, 0.3) is 0 Å². The van der Waals surface area contributed by atoms with E-state index in [4.69, 9.17) is 20.9 Å². The molecule has 0 heterocycles. The molecule has 0 radical (unpaired) electrons. The van der Waals surface area contributed by atoms with E-state index in [0.29, 0.717) is 18.0 Å². The molecule has 0 aliphatic carbocycles. The van der Waals surface area contributed by atoms with E-state index in [0.717, 1.165) is 5.56 Å². The summed E-state index contributed by atoms with van der Waals surface area (Å²) in [6.45, 7) is 4.34. The smallest absolute Gasteiger partial charge is 0.161 e. The molecule has 1 rings (SSSR count). The predicted octanol–water partition coefficient (Wildman–Crippen LogP) is 1.44. The van der Waals surface area contributed by atoms with Gasteiger partial charge in [0, 0.05) is 12.6 Å². The fourth-order valence-electron chi connectivity index (χ4n) is 1.41. The van der Waals surface area contributed by atoms with Crippen molar-refractivity contribution in [2.75, 3.05) is 13.7 Å². The Hall–Kier alpha value is -1.26. The summed E-state index contributed by atoms with van der Waals surface area (Å²) in [4.78, 5) is 0. The molecule has 4 nitrogen and oxygen atoms in total. The van der Waals surface area contributed by atoms with Crippen LogP contribution in [-0.2, 0) is 0 Å². The number of methoxy groups -OCH3 is 1. The Kier molecular flexibility index (Phi) is 4.58. The second kappa shape index (κ2) is 5.72. The Morgan fingerprint density at radius 2 is 1.94 bits per heavy atom. The van der Waals surface area contributed by atoms with Crippen LogP contribution >= 0.6 is 0 Å². The number of hydrogen-bond donors (Lipinski definition) is 2. The number of benzene rings is 1. The van der Waals surface area contributed by atoms with Crippen LogP contribution < -0.4 is 20.9 Å². The van der Waals surface area contributed by atoms with Crippen molar-refractivity contribution < 1.29 is 9.47 Å². The van der Waals surface area contributed by atoms with E-state index in [1.54, 1.807) is 7.11 Å². The van der Waals surface area contributed by atoms with Crippen molar-refractivity contribution in [2.24, 2.45) is 11.5 Å². The summed E-state index contributed by atoms with van der Waals surface area (Å²) in [5, 5.41) is 0. The quantitative estimate of drug-likeness (QED) is 0.794. The van der Waals surface area contributed by atoms with E-state index in [9.17, 15) is 0 Å². The van der Waals surface area contributed by atoms with E-state index in [2.05, 4.69) is 0 Å². The molecule has 0 bridgehead atoms. The van der Waals surface area contributed by atoms with Gasteiger partial charge < -0.3 is 20.9 Å². The first kappa shape index (κ1) is 12.8. The van der Waals surface area contributed by atoms with Gasteiger partial charge in [-0.25, -0.2) is 0 Å². The lowest BCUT2D eigenvalue weighted by molar-refractivity contribution is 0.230. The number of rotatable bonds is 5. The monoisotopic (exact) mass is 224 g/mol. The third-order valence-electron chi connectivity index (χ3n) is 2.23. The molecule has 0 aromatic heterocycles. The molecule has 0 aliphatic heterocycles. The molecule has 0 spiro atoms. The highest BCUT2D eigenvalue weighted by Gasteiger charge is 2.10. The molecule has 4 N–H and O–H groups in total. The topological polar surface area (TPSA) is 70.5 Å². The van der Waals surface area contributed by atoms with Crippen LogP contribution in [0, 0.1) is 0 Å².